The minimum Gasteiger partial charge on any atom is -0.126 e. The second-order valence-electron chi connectivity index (χ2n) is 5.00. The average molecular weight is 266 g/mol. The number of hydrogen-bond donors (Lipinski definition) is 0. The fourth-order valence-corrected chi connectivity index (χ4v) is 2.57. The van der Waals surface area contributed by atoms with Crippen LogP contribution in [-0.4, -0.2) is 8.07 Å². The number of hydrogen-bond acceptors (Lipinski definition) is 1. The fourth-order valence-electron chi connectivity index (χ4n) is 1.26. The molecule has 0 nitrogen and oxygen atoms in total. The van der Waals surface area contributed by atoms with Crippen molar-refractivity contribution in [2.45, 2.75) is 19.6 Å². The summed E-state index contributed by atoms with van der Waals surface area (Å²) in [5.74, 6) is 9.49. The molecule has 0 radical (unpaired) electrons. The lowest BCUT2D eigenvalue weighted by Crippen LogP contribution is -2.16. The standard InChI is InChI=1S/C16H14SSi/c1-18(2,3)13-12-16-11-10-15(17-16)9-8-14-6-4-5-7-14/h4-6,10-11H,1-3H3. The average Bonchev–Trinajstić information content (AvgIpc) is 2.94. The SMILES string of the molecule is C[Si](C)(C)C#Cc1ccc(C#CC2=C=CC=C2)s1. The molecule has 0 saturated carbocycles. The molecule has 1 aromatic rings. The molecule has 1 heterocycles. The summed E-state index contributed by atoms with van der Waals surface area (Å²) in [5.41, 5.74) is 7.38. The van der Waals surface area contributed by atoms with Crippen molar-refractivity contribution in [3.63, 3.8) is 0 Å². The maximum absolute atomic E-state index is 3.37. The summed E-state index contributed by atoms with van der Waals surface area (Å²) in [6.07, 6.45) is 5.79. The van der Waals surface area contributed by atoms with Crippen LogP contribution in [0.5, 0.6) is 0 Å². The van der Waals surface area contributed by atoms with Gasteiger partial charge in [0.15, 0.2) is 0 Å². The van der Waals surface area contributed by atoms with Gasteiger partial charge < -0.3 is 0 Å². The first-order valence-corrected chi connectivity index (χ1v) is 10.1. The van der Waals surface area contributed by atoms with Gasteiger partial charge in [0, 0.05) is 0 Å². The Bertz CT molecular complexity index is 666. The summed E-state index contributed by atoms with van der Waals surface area (Å²) in [5, 5.41) is 0. The summed E-state index contributed by atoms with van der Waals surface area (Å²) in [6, 6.07) is 4.09. The smallest absolute Gasteiger partial charge is 0.126 e. The van der Waals surface area contributed by atoms with Gasteiger partial charge in [0.1, 0.15) is 8.07 Å². The maximum atomic E-state index is 3.37. The molecule has 0 atom stereocenters. The Morgan fingerprint density at radius 1 is 1.06 bits per heavy atom. The van der Waals surface area contributed by atoms with Crippen LogP contribution in [0.4, 0.5) is 0 Å². The van der Waals surface area contributed by atoms with Gasteiger partial charge in [-0.05, 0) is 30.2 Å². The Labute approximate surface area is 114 Å². The molecule has 0 unspecified atom stereocenters. The Morgan fingerprint density at radius 3 is 2.39 bits per heavy atom. The molecule has 0 aliphatic heterocycles. The molecule has 0 fully saturated rings. The molecule has 2 rings (SSSR count). The Hall–Kier alpha value is -1.70. The molecule has 1 aliphatic carbocycles. The highest BCUT2D eigenvalue weighted by Crippen LogP contribution is 2.15. The molecule has 2 heteroatoms. The molecule has 0 bridgehead atoms. The van der Waals surface area contributed by atoms with Gasteiger partial charge in [0.25, 0.3) is 0 Å². The first kappa shape index (κ1) is 12.7. The van der Waals surface area contributed by atoms with Gasteiger partial charge in [-0.25, -0.2) is 0 Å². The van der Waals surface area contributed by atoms with Gasteiger partial charge in [-0.1, -0.05) is 37.6 Å². The first-order chi connectivity index (χ1) is 8.53. The minimum absolute atomic E-state index is 0.943. The second kappa shape index (κ2) is 5.30. The van der Waals surface area contributed by atoms with Gasteiger partial charge in [-0.3, -0.25) is 0 Å². The van der Waals surface area contributed by atoms with E-state index in [1.54, 1.807) is 11.3 Å². The van der Waals surface area contributed by atoms with Crippen LogP contribution < -0.4 is 0 Å². The van der Waals surface area contributed by atoms with E-state index in [1.165, 1.54) is 0 Å². The quantitative estimate of drug-likeness (QED) is 0.378. The molecular formula is C16H14SSi. The summed E-state index contributed by atoms with van der Waals surface area (Å²) in [4.78, 5) is 2.16. The topological polar surface area (TPSA) is 0 Å². The van der Waals surface area contributed by atoms with Crippen LogP contribution in [0.1, 0.15) is 9.75 Å². The summed E-state index contributed by atoms with van der Waals surface area (Å²) < 4.78 is 0. The molecule has 0 saturated heterocycles. The molecule has 0 aromatic carbocycles. The van der Waals surface area contributed by atoms with Crippen LogP contribution in [0.25, 0.3) is 0 Å². The highest BCUT2D eigenvalue weighted by Gasteiger charge is 2.07. The minimum atomic E-state index is -1.29. The predicted octanol–water partition coefficient (Wildman–Crippen LogP) is 3.98. The normalized spacial score (nSPS) is 12.5. The Balaban J connectivity index is 2.13. The van der Waals surface area contributed by atoms with E-state index in [9.17, 15) is 0 Å². The lowest BCUT2D eigenvalue weighted by atomic mass is 10.3. The predicted molar refractivity (Wildman–Crippen MR) is 82.2 cm³/mol. The summed E-state index contributed by atoms with van der Waals surface area (Å²) >= 11 is 1.66. The van der Waals surface area contributed by atoms with E-state index in [1.807, 2.05) is 24.3 Å². The number of allylic oxidation sites excluding steroid dienone is 3. The molecule has 1 aromatic heterocycles. The van der Waals surface area contributed by atoms with Gasteiger partial charge in [0.2, 0.25) is 0 Å². The molecule has 0 N–H and O–H groups in total. The maximum Gasteiger partial charge on any atom is 0.129 e. The van der Waals surface area contributed by atoms with Crippen molar-refractivity contribution in [2.24, 2.45) is 0 Å². The third-order valence-corrected chi connectivity index (χ3v) is 3.88. The molecule has 0 spiro atoms. The lowest BCUT2D eigenvalue weighted by Gasteiger charge is -2.02. The molecular weight excluding hydrogens is 252 g/mol. The summed E-state index contributed by atoms with van der Waals surface area (Å²) in [6.45, 7) is 6.75. The van der Waals surface area contributed by atoms with E-state index in [0.29, 0.717) is 0 Å². The van der Waals surface area contributed by atoms with Crippen molar-refractivity contribution in [2.75, 3.05) is 0 Å². The highest BCUT2D eigenvalue weighted by molar-refractivity contribution is 7.13. The third-order valence-electron chi connectivity index (χ3n) is 2.09. The van der Waals surface area contributed by atoms with Crippen molar-refractivity contribution >= 4 is 19.4 Å². The van der Waals surface area contributed by atoms with Crippen molar-refractivity contribution in [1.29, 1.82) is 0 Å². The van der Waals surface area contributed by atoms with Gasteiger partial charge in [-0.2, -0.15) is 0 Å². The zero-order chi connectivity index (χ0) is 13.0. The molecule has 18 heavy (non-hydrogen) atoms. The van der Waals surface area contributed by atoms with Crippen molar-refractivity contribution in [1.82, 2.24) is 0 Å². The number of rotatable bonds is 0. The summed E-state index contributed by atoms with van der Waals surface area (Å²) in [7, 11) is -1.29. The monoisotopic (exact) mass is 266 g/mol. The van der Waals surface area contributed by atoms with Crippen LogP contribution in [0.2, 0.25) is 19.6 Å². The fraction of sp³-hybridized carbons (Fsp3) is 0.188. The van der Waals surface area contributed by atoms with E-state index in [2.05, 4.69) is 54.7 Å². The highest BCUT2D eigenvalue weighted by atomic mass is 32.1. The van der Waals surface area contributed by atoms with E-state index in [4.69, 9.17) is 0 Å². The largest absolute Gasteiger partial charge is 0.129 e. The van der Waals surface area contributed by atoms with Crippen LogP contribution in [0, 0.1) is 23.3 Å². The van der Waals surface area contributed by atoms with E-state index in [-0.39, 0.29) is 0 Å². The van der Waals surface area contributed by atoms with Gasteiger partial charge in [-0.15, -0.1) is 22.6 Å². The molecule has 88 valence electrons. The van der Waals surface area contributed by atoms with Gasteiger partial charge in [0.05, 0.1) is 15.3 Å². The Morgan fingerprint density at radius 2 is 1.78 bits per heavy atom. The van der Waals surface area contributed by atoms with E-state index in [0.717, 1.165) is 15.3 Å². The lowest BCUT2D eigenvalue weighted by molar-refractivity contribution is 1.81. The third kappa shape index (κ3) is 3.95. The van der Waals surface area contributed by atoms with Crippen molar-refractivity contribution in [3.05, 3.63) is 51.4 Å². The Kier molecular flexibility index (Phi) is 3.75. The van der Waals surface area contributed by atoms with Crippen LogP contribution in [0.3, 0.4) is 0 Å². The first-order valence-electron chi connectivity index (χ1n) is 5.81. The zero-order valence-corrected chi connectivity index (χ0v) is 12.6. The van der Waals surface area contributed by atoms with Crippen LogP contribution >= 0.6 is 11.3 Å². The molecule has 0 amide bonds. The van der Waals surface area contributed by atoms with Crippen molar-refractivity contribution < 1.29 is 0 Å². The van der Waals surface area contributed by atoms with E-state index < -0.39 is 8.07 Å². The van der Waals surface area contributed by atoms with Gasteiger partial charge >= 0.3 is 0 Å². The van der Waals surface area contributed by atoms with Crippen LogP contribution in [0.15, 0.2) is 41.7 Å². The number of thiophene rings is 1. The van der Waals surface area contributed by atoms with Crippen LogP contribution in [-0.2, 0) is 0 Å². The van der Waals surface area contributed by atoms with E-state index >= 15 is 0 Å². The molecule has 1 aliphatic rings. The zero-order valence-electron chi connectivity index (χ0n) is 10.8. The second-order valence-corrected chi connectivity index (χ2v) is 10.8. The van der Waals surface area contributed by atoms with Crippen molar-refractivity contribution in [3.8, 4) is 23.3 Å².